The third kappa shape index (κ3) is 3.97. The Balaban J connectivity index is 2.51. The van der Waals surface area contributed by atoms with Gasteiger partial charge in [-0.2, -0.15) is 0 Å². The molecule has 1 rings (SSSR count). The van der Waals surface area contributed by atoms with E-state index in [4.69, 9.17) is 4.74 Å². The van der Waals surface area contributed by atoms with Gasteiger partial charge in [0.05, 0.1) is 19.8 Å². The molecular formula is C14H21BrO3. The lowest BCUT2D eigenvalue weighted by Gasteiger charge is -2.33. The van der Waals surface area contributed by atoms with Gasteiger partial charge in [-0.05, 0) is 36.6 Å². The summed E-state index contributed by atoms with van der Waals surface area (Å²) < 4.78 is 6.64. The lowest BCUT2D eigenvalue weighted by Crippen LogP contribution is -2.37. The van der Waals surface area contributed by atoms with Crippen LogP contribution in [0.25, 0.3) is 0 Å². The van der Waals surface area contributed by atoms with Crippen molar-refractivity contribution in [1.82, 2.24) is 0 Å². The third-order valence-corrected chi connectivity index (χ3v) is 4.07. The van der Waals surface area contributed by atoms with Crippen LogP contribution in [0.15, 0.2) is 28.7 Å². The molecule has 2 N–H and O–H groups in total. The molecule has 0 aliphatic carbocycles. The van der Waals surface area contributed by atoms with Gasteiger partial charge >= 0.3 is 0 Å². The predicted molar refractivity (Wildman–Crippen MR) is 75.7 cm³/mol. The Kier molecular flexibility index (Phi) is 6.12. The van der Waals surface area contributed by atoms with Gasteiger partial charge in [0.25, 0.3) is 0 Å². The monoisotopic (exact) mass is 316 g/mol. The van der Waals surface area contributed by atoms with Crippen LogP contribution in [0.3, 0.4) is 0 Å². The molecule has 0 saturated heterocycles. The highest BCUT2D eigenvalue weighted by Gasteiger charge is 2.32. The van der Waals surface area contributed by atoms with Gasteiger partial charge < -0.3 is 14.9 Å². The molecule has 3 nitrogen and oxygen atoms in total. The minimum absolute atomic E-state index is 0.0230. The van der Waals surface area contributed by atoms with Crippen molar-refractivity contribution in [1.29, 1.82) is 0 Å². The lowest BCUT2D eigenvalue weighted by molar-refractivity contribution is -0.000792. The first-order chi connectivity index (χ1) is 8.54. The minimum atomic E-state index is -0.463. The van der Waals surface area contributed by atoms with Crippen molar-refractivity contribution in [3.05, 3.63) is 28.7 Å². The molecule has 0 aliphatic heterocycles. The Morgan fingerprint density at radius 2 is 1.72 bits per heavy atom. The summed E-state index contributed by atoms with van der Waals surface area (Å²) in [6.45, 7) is 4.45. The molecule has 0 heterocycles. The Hall–Kier alpha value is -0.580. The topological polar surface area (TPSA) is 49.7 Å². The van der Waals surface area contributed by atoms with Crippen LogP contribution in [0.2, 0.25) is 0 Å². The molecule has 0 radical (unpaired) electrons. The van der Waals surface area contributed by atoms with E-state index in [9.17, 15) is 10.2 Å². The number of hydrogen-bond donors (Lipinski definition) is 2. The standard InChI is InChI=1S/C14H21BrO3/c1-11(2)14(9-16,10-17)7-8-18-13-5-3-12(15)4-6-13/h3-6,11,16-17H,7-10H2,1-2H3. The van der Waals surface area contributed by atoms with E-state index >= 15 is 0 Å². The van der Waals surface area contributed by atoms with Crippen molar-refractivity contribution in [3.8, 4) is 5.75 Å². The summed E-state index contributed by atoms with van der Waals surface area (Å²) in [5, 5.41) is 18.9. The van der Waals surface area contributed by atoms with E-state index in [0.29, 0.717) is 13.0 Å². The highest BCUT2D eigenvalue weighted by atomic mass is 79.9. The van der Waals surface area contributed by atoms with Crippen molar-refractivity contribution in [2.75, 3.05) is 19.8 Å². The molecular weight excluding hydrogens is 296 g/mol. The molecule has 0 aliphatic rings. The van der Waals surface area contributed by atoms with E-state index in [1.165, 1.54) is 0 Å². The number of rotatable bonds is 7. The van der Waals surface area contributed by atoms with Gasteiger partial charge in [0.15, 0.2) is 0 Å². The fraction of sp³-hybridized carbons (Fsp3) is 0.571. The Morgan fingerprint density at radius 3 is 2.17 bits per heavy atom. The number of ether oxygens (including phenoxy) is 1. The molecule has 0 spiro atoms. The van der Waals surface area contributed by atoms with E-state index in [2.05, 4.69) is 15.9 Å². The van der Waals surface area contributed by atoms with E-state index < -0.39 is 5.41 Å². The number of halogens is 1. The molecule has 0 fully saturated rings. The molecule has 0 atom stereocenters. The van der Waals surface area contributed by atoms with E-state index in [0.717, 1.165) is 10.2 Å². The average molecular weight is 317 g/mol. The molecule has 102 valence electrons. The van der Waals surface area contributed by atoms with Crippen LogP contribution in [-0.4, -0.2) is 30.0 Å². The van der Waals surface area contributed by atoms with Crippen LogP contribution in [-0.2, 0) is 0 Å². The zero-order valence-electron chi connectivity index (χ0n) is 10.9. The summed E-state index contributed by atoms with van der Waals surface area (Å²) >= 11 is 3.37. The zero-order valence-corrected chi connectivity index (χ0v) is 12.5. The van der Waals surface area contributed by atoms with Crippen LogP contribution in [0.5, 0.6) is 5.75 Å². The highest BCUT2D eigenvalue weighted by molar-refractivity contribution is 9.10. The Morgan fingerprint density at radius 1 is 1.17 bits per heavy atom. The molecule has 0 aromatic heterocycles. The van der Waals surface area contributed by atoms with Crippen molar-refractivity contribution in [2.24, 2.45) is 11.3 Å². The molecule has 0 saturated carbocycles. The molecule has 0 amide bonds. The second-order valence-electron chi connectivity index (χ2n) is 4.89. The van der Waals surface area contributed by atoms with Crippen LogP contribution < -0.4 is 4.74 Å². The summed E-state index contributed by atoms with van der Waals surface area (Å²) in [4.78, 5) is 0. The molecule has 1 aromatic carbocycles. The summed E-state index contributed by atoms with van der Waals surface area (Å²) in [6.07, 6.45) is 0.633. The SMILES string of the molecule is CC(C)C(CO)(CO)CCOc1ccc(Br)cc1. The quantitative estimate of drug-likeness (QED) is 0.813. The van der Waals surface area contributed by atoms with Gasteiger partial charge in [-0.15, -0.1) is 0 Å². The van der Waals surface area contributed by atoms with Gasteiger partial charge in [0.2, 0.25) is 0 Å². The van der Waals surface area contributed by atoms with Crippen LogP contribution in [0.1, 0.15) is 20.3 Å². The van der Waals surface area contributed by atoms with E-state index in [-0.39, 0.29) is 19.1 Å². The van der Waals surface area contributed by atoms with E-state index in [1.54, 1.807) is 0 Å². The molecule has 0 unspecified atom stereocenters. The van der Waals surface area contributed by atoms with Crippen molar-refractivity contribution in [3.63, 3.8) is 0 Å². The summed E-state index contributed by atoms with van der Waals surface area (Å²) in [7, 11) is 0. The summed E-state index contributed by atoms with van der Waals surface area (Å²) in [6, 6.07) is 7.62. The Bertz CT molecular complexity index is 345. The highest BCUT2D eigenvalue weighted by Crippen LogP contribution is 2.30. The molecule has 4 heteroatoms. The average Bonchev–Trinajstić information content (AvgIpc) is 2.37. The number of aliphatic hydroxyl groups excluding tert-OH is 2. The first kappa shape index (κ1) is 15.5. The van der Waals surface area contributed by atoms with Crippen LogP contribution >= 0.6 is 15.9 Å². The van der Waals surface area contributed by atoms with Crippen molar-refractivity contribution >= 4 is 15.9 Å². The molecule has 0 bridgehead atoms. The maximum absolute atomic E-state index is 9.46. The predicted octanol–water partition coefficient (Wildman–Crippen LogP) is 2.85. The third-order valence-electron chi connectivity index (χ3n) is 3.54. The van der Waals surface area contributed by atoms with Gasteiger partial charge in [-0.3, -0.25) is 0 Å². The van der Waals surface area contributed by atoms with Gasteiger partial charge in [0.1, 0.15) is 5.75 Å². The lowest BCUT2D eigenvalue weighted by atomic mass is 9.76. The first-order valence-corrected chi connectivity index (χ1v) is 6.93. The fourth-order valence-corrected chi connectivity index (χ4v) is 2.03. The van der Waals surface area contributed by atoms with E-state index in [1.807, 2.05) is 38.1 Å². The largest absolute Gasteiger partial charge is 0.494 e. The van der Waals surface area contributed by atoms with Gasteiger partial charge in [-0.1, -0.05) is 29.8 Å². The number of hydrogen-bond acceptors (Lipinski definition) is 3. The number of benzene rings is 1. The zero-order chi connectivity index (χ0) is 13.6. The maximum atomic E-state index is 9.46. The number of aliphatic hydroxyl groups is 2. The second kappa shape index (κ2) is 7.12. The van der Waals surface area contributed by atoms with Crippen molar-refractivity contribution in [2.45, 2.75) is 20.3 Å². The first-order valence-electron chi connectivity index (χ1n) is 6.14. The normalized spacial score (nSPS) is 11.9. The van der Waals surface area contributed by atoms with Crippen LogP contribution in [0, 0.1) is 11.3 Å². The van der Waals surface area contributed by atoms with Crippen molar-refractivity contribution < 1.29 is 14.9 Å². The fourth-order valence-electron chi connectivity index (χ4n) is 1.76. The second-order valence-corrected chi connectivity index (χ2v) is 5.80. The summed E-state index contributed by atoms with van der Waals surface area (Å²) in [5.74, 6) is 1.01. The van der Waals surface area contributed by atoms with Gasteiger partial charge in [-0.25, -0.2) is 0 Å². The smallest absolute Gasteiger partial charge is 0.119 e. The molecule has 1 aromatic rings. The molecule has 18 heavy (non-hydrogen) atoms. The summed E-state index contributed by atoms with van der Waals surface area (Å²) in [5.41, 5.74) is -0.463. The Labute approximate surface area is 117 Å². The maximum Gasteiger partial charge on any atom is 0.119 e. The van der Waals surface area contributed by atoms with Crippen LogP contribution in [0.4, 0.5) is 0 Å². The minimum Gasteiger partial charge on any atom is -0.494 e. The van der Waals surface area contributed by atoms with Gasteiger partial charge in [0, 0.05) is 9.89 Å².